The van der Waals surface area contributed by atoms with Crippen molar-refractivity contribution in [2.75, 3.05) is 11.2 Å². The molecule has 1 heterocycles. The summed E-state index contributed by atoms with van der Waals surface area (Å²) in [6.07, 6.45) is 8.52. The van der Waals surface area contributed by atoms with Crippen LogP contribution in [-0.2, 0) is 0 Å². The number of benzene rings is 4. The molecule has 5 radical (unpaired) electrons. The summed E-state index contributed by atoms with van der Waals surface area (Å²) in [5, 5.41) is 6.98. The van der Waals surface area contributed by atoms with E-state index in [2.05, 4.69) is 117 Å². The van der Waals surface area contributed by atoms with Crippen LogP contribution in [0.3, 0.4) is 0 Å². The Kier molecular flexibility index (Phi) is 5.40. The maximum absolute atomic E-state index is 6.74. The Balaban J connectivity index is 1.73. The molecule has 0 spiro atoms. The van der Waals surface area contributed by atoms with Crippen molar-refractivity contribution in [2.45, 2.75) is 19.9 Å². The van der Waals surface area contributed by atoms with E-state index in [1.54, 1.807) is 0 Å². The average Bonchev–Trinajstić information content (AvgIpc) is 3.34. The van der Waals surface area contributed by atoms with Gasteiger partial charge >= 0.3 is 8.16 Å². The van der Waals surface area contributed by atoms with Crippen molar-refractivity contribution in [3.8, 4) is 0 Å². The topological polar surface area (TPSA) is 29.5 Å². The van der Waals surface area contributed by atoms with Crippen molar-refractivity contribution in [3.63, 3.8) is 0 Å². The van der Waals surface area contributed by atoms with Crippen molar-refractivity contribution >= 4 is 51.6 Å². The van der Waals surface area contributed by atoms with Crippen LogP contribution in [-0.4, -0.2) is 12.6 Å². The highest BCUT2D eigenvalue weighted by molar-refractivity contribution is 7.39. The third kappa shape index (κ3) is 3.55. The average molecular weight is 450 g/mol. The Morgan fingerprint density at radius 3 is 1.76 bits per heavy atom. The summed E-state index contributed by atoms with van der Waals surface area (Å²) in [6, 6.07) is 25.7. The van der Waals surface area contributed by atoms with Crippen LogP contribution in [0.15, 0.2) is 81.2 Å². The molecule has 0 N–H and O–H groups in total. The van der Waals surface area contributed by atoms with Gasteiger partial charge in [-0.15, -0.1) is 0 Å². The molecule has 0 bridgehead atoms. The van der Waals surface area contributed by atoms with Gasteiger partial charge in [0.1, 0.15) is 11.2 Å². The van der Waals surface area contributed by atoms with Crippen LogP contribution in [0.2, 0.25) is 0 Å². The van der Waals surface area contributed by atoms with E-state index in [1.807, 2.05) is 0 Å². The zero-order chi connectivity index (χ0) is 22.4. The number of nitrogens with zero attached hydrogens (tertiary/aromatic N) is 1. The molecule has 1 aliphatic carbocycles. The van der Waals surface area contributed by atoms with Crippen LogP contribution < -0.4 is 4.67 Å². The lowest BCUT2D eigenvalue weighted by molar-refractivity contribution is 0.602. The summed E-state index contributed by atoms with van der Waals surface area (Å²) in [6.45, 7) is 5.22. The van der Waals surface area contributed by atoms with Gasteiger partial charge in [0.25, 0.3) is 0 Å². The minimum Gasteiger partial charge on any atom is -0.408 e. The quantitative estimate of drug-likeness (QED) is 0.276. The molecule has 5 aromatic rings. The van der Waals surface area contributed by atoms with Gasteiger partial charge in [-0.05, 0) is 66.3 Å². The van der Waals surface area contributed by atoms with Gasteiger partial charge in [0.2, 0.25) is 0 Å². The first-order chi connectivity index (χ1) is 16.2. The molecule has 1 aliphatic rings. The molecule has 0 amide bonds. The number of fused-ring (bicyclic) bond motifs is 7. The highest BCUT2D eigenvalue weighted by Crippen LogP contribution is 2.44. The van der Waals surface area contributed by atoms with E-state index in [-0.39, 0.29) is 6.04 Å². The van der Waals surface area contributed by atoms with Crippen LogP contribution in [0.5, 0.6) is 0 Å². The molecule has 1 aromatic heterocycles. The largest absolute Gasteiger partial charge is 0.408 e. The fourth-order valence-electron chi connectivity index (χ4n) is 4.83. The minimum absolute atomic E-state index is 0.182. The van der Waals surface area contributed by atoms with Crippen LogP contribution in [0.1, 0.15) is 13.8 Å². The summed E-state index contributed by atoms with van der Waals surface area (Å²) in [4.78, 5) is 0. The SMILES string of the molecule is CCN([C@H](C)[C]1[CH][CH][CH][CH]1)p1oc2ccc3ccccc3c2c2c(ccc3ccccc32)o1. The predicted octanol–water partition coefficient (Wildman–Crippen LogP) is 8.35. The second kappa shape index (κ2) is 8.56. The summed E-state index contributed by atoms with van der Waals surface area (Å²) in [7, 11) is -1.36. The second-order valence-corrected chi connectivity index (χ2v) is 9.74. The zero-order valence-corrected chi connectivity index (χ0v) is 19.6. The monoisotopic (exact) mass is 450 g/mol. The molecule has 0 saturated heterocycles. The van der Waals surface area contributed by atoms with Crippen molar-refractivity contribution < 1.29 is 8.39 Å². The van der Waals surface area contributed by atoms with Gasteiger partial charge in [-0.1, -0.05) is 67.6 Å². The van der Waals surface area contributed by atoms with E-state index in [1.165, 1.54) is 27.5 Å². The number of rotatable bonds is 4. The highest BCUT2D eigenvalue weighted by atomic mass is 31.1. The van der Waals surface area contributed by atoms with Gasteiger partial charge < -0.3 is 8.39 Å². The first kappa shape index (κ1) is 20.8. The molecule has 0 unspecified atom stereocenters. The van der Waals surface area contributed by atoms with Gasteiger partial charge in [0, 0.05) is 29.3 Å². The molecule has 0 aliphatic heterocycles. The lowest BCUT2D eigenvalue weighted by Gasteiger charge is -2.28. The molecular formula is C29H25NO2P. The predicted molar refractivity (Wildman–Crippen MR) is 140 cm³/mol. The summed E-state index contributed by atoms with van der Waals surface area (Å²) in [5.74, 6) is 1.27. The Morgan fingerprint density at radius 2 is 1.24 bits per heavy atom. The Hall–Kier alpha value is -2.74. The van der Waals surface area contributed by atoms with Crippen molar-refractivity contribution in [2.24, 2.45) is 0 Å². The van der Waals surface area contributed by atoms with Crippen molar-refractivity contribution in [1.82, 2.24) is 0 Å². The third-order valence-electron chi connectivity index (χ3n) is 6.54. The van der Waals surface area contributed by atoms with Gasteiger partial charge in [-0.25, -0.2) is 0 Å². The van der Waals surface area contributed by atoms with Crippen molar-refractivity contribution in [1.29, 1.82) is 0 Å². The Labute approximate surface area is 195 Å². The van der Waals surface area contributed by atoms with Crippen LogP contribution in [0.4, 0.5) is 0 Å². The smallest absolute Gasteiger partial charge is 0.309 e. The normalized spacial score (nSPS) is 15.8. The van der Waals surface area contributed by atoms with Crippen molar-refractivity contribution in [3.05, 3.63) is 104 Å². The first-order valence-corrected chi connectivity index (χ1v) is 12.6. The lowest BCUT2D eigenvalue weighted by Crippen LogP contribution is -2.34. The molecule has 1 atom stereocenters. The summed E-state index contributed by atoms with van der Waals surface area (Å²) >= 11 is 0. The molecular weight excluding hydrogens is 425 g/mol. The molecule has 33 heavy (non-hydrogen) atoms. The first-order valence-electron chi connectivity index (χ1n) is 11.4. The fourth-order valence-corrected chi connectivity index (χ4v) is 6.37. The Bertz CT molecular complexity index is 1400. The van der Waals surface area contributed by atoms with E-state index in [9.17, 15) is 0 Å². The maximum atomic E-state index is 6.74. The van der Waals surface area contributed by atoms with Crippen LogP contribution in [0, 0.1) is 31.6 Å². The van der Waals surface area contributed by atoms with Gasteiger partial charge in [0.05, 0.1) is 0 Å². The van der Waals surface area contributed by atoms with Gasteiger partial charge in [-0.3, -0.25) is 0 Å². The maximum Gasteiger partial charge on any atom is 0.309 e. The summed E-state index contributed by atoms with van der Waals surface area (Å²) < 4.78 is 15.8. The zero-order valence-electron chi connectivity index (χ0n) is 18.7. The van der Waals surface area contributed by atoms with E-state index in [0.717, 1.165) is 28.5 Å². The molecule has 4 aromatic carbocycles. The van der Waals surface area contributed by atoms with Gasteiger partial charge in [0.15, 0.2) is 0 Å². The Morgan fingerprint density at radius 1 is 0.727 bits per heavy atom. The molecule has 1 fully saturated rings. The van der Waals surface area contributed by atoms with Crippen LogP contribution in [0.25, 0.3) is 43.5 Å². The number of hydrogen-bond acceptors (Lipinski definition) is 3. The molecule has 6 rings (SSSR count). The van der Waals surface area contributed by atoms with Gasteiger partial charge in [-0.2, -0.15) is 4.67 Å². The van der Waals surface area contributed by atoms with E-state index >= 15 is 0 Å². The lowest BCUT2D eigenvalue weighted by atomic mass is 9.99. The second-order valence-electron chi connectivity index (χ2n) is 8.39. The summed E-state index contributed by atoms with van der Waals surface area (Å²) in [5.41, 5.74) is 1.76. The minimum atomic E-state index is -1.36. The molecule has 3 nitrogen and oxygen atoms in total. The molecule has 4 heteroatoms. The highest BCUT2D eigenvalue weighted by Gasteiger charge is 2.30. The number of hydrogen-bond donors (Lipinski definition) is 0. The van der Waals surface area contributed by atoms with Crippen LogP contribution >= 0.6 is 8.16 Å². The van der Waals surface area contributed by atoms with E-state index in [4.69, 9.17) is 8.39 Å². The van der Waals surface area contributed by atoms with E-state index < -0.39 is 8.16 Å². The van der Waals surface area contributed by atoms with E-state index in [0.29, 0.717) is 0 Å². The standard InChI is InChI=1S/C29H25NO2P/c1-3-30(20(2)21-10-4-5-11-21)33-31-26-18-16-22-12-6-8-14-24(22)28(26)29-25-15-9-7-13-23(25)17-19-27(29)32-33/h4-20H,3H2,1-2H3/t20-/m1/s1. The molecule has 163 valence electrons. The third-order valence-corrected chi connectivity index (χ3v) is 8.29. The fraction of sp³-hybridized carbons (Fsp3) is 0.138. The molecule has 1 saturated carbocycles.